The second-order valence-corrected chi connectivity index (χ2v) is 7.76. The Morgan fingerprint density at radius 2 is 1.96 bits per heavy atom. The Hall–Kier alpha value is -2.84. The summed E-state index contributed by atoms with van der Waals surface area (Å²) in [5.41, 5.74) is 3.09. The van der Waals surface area contributed by atoms with Crippen molar-refractivity contribution in [1.29, 1.82) is 0 Å². The number of benzene rings is 1. The van der Waals surface area contributed by atoms with Gasteiger partial charge in [-0.05, 0) is 49.9 Å². The number of amides is 1. The van der Waals surface area contributed by atoms with Crippen molar-refractivity contribution in [3.05, 3.63) is 57.8 Å². The Labute approximate surface area is 166 Å². The number of pyridine rings is 1. The predicted molar refractivity (Wildman–Crippen MR) is 109 cm³/mol. The molecule has 2 aromatic heterocycles. The van der Waals surface area contributed by atoms with Gasteiger partial charge in [-0.25, -0.2) is 14.4 Å². The first kappa shape index (κ1) is 18.5. The van der Waals surface area contributed by atoms with Gasteiger partial charge in [0.1, 0.15) is 5.82 Å². The molecule has 0 saturated carbocycles. The molecule has 0 aliphatic carbocycles. The number of rotatable bonds is 4. The summed E-state index contributed by atoms with van der Waals surface area (Å²) in [6, 6.07) is 9.76. The minimum Gasteiger partial charge on any atom is -0.385 e. The van der Waals surface area contributed by atoms with Gasteiger partial charge in [-0.3, -0.25) is 4.79 Å². The largest absolute Gasteiger partial charge is 0.385 e. The summed E-state index contributed by atoms with van der Waals surface area (Å²) < 4.78 is 13.2. The van der Waals surface area contributed by atoms with Crippen molar-refractivity contribution in [3.8, 4) is 11.3 Å². The standard InChI is InChI=1S/C20H20FN5OS/c1-22-15-8-7-14(12-3-5-13(21)6-4-12)23-18(15)25-19(27)20-24-16-11-26(2)10-9-17(16)28-20/h3-8,22H,9-11H2,1-2H3,(H,23,25,27). The lowest BCUT2D eigenvalue weighted by Crippen LogP contribution is -2.25. The third-order valence-corrected chi connectivity index (χ3v) is 5.81. The molecule has 0 radical (unpaired) electrons. The van der Waals surface area contributed by atoms with Gasteiger partial charge in [0.2, 0.25) is 0 Å². The summed E-state index contributed by atoms with van der Waals surface area (Å²) >= 11 is 1.44. The number of hydrogen-bond donors (Lipinski definition) is 2. The van der Waals surface area contributed by atoms with Gasteiger partial charge < -0.3 is 15.5 Å². The van der Waals surface area contributed by atoms with Crippen LogP contribution in [0.4, 0.5) is 15.9 Å². The highest BCUT2D eigenvalue weighted by Gasteiger charge is 2.22. The topological polar surface area (TPSA) is 70.1 Å². The number of likely N-dealkylation sites (N-methyl/N-ethyl adjacent to an activating group) is 1. The molecule has 1 aliphatic heterocycles. The van der Waals surface area contributed by atoms with E-state index in [1.165, 1.54) is 28.3 Å². The zero-order valence-corrected chi connectivity index (χ0v) is 16.4. The summed E-state index contributed by atoms with van der Waals surface area (Å²) in [5, 5.41) is 6.34. The van der Waals surface area contributed by atoms with Crippen LogP contribution in [-0.2, 0) is 13.0 Å². The van der Waals surface area contributed by atoms with Crippen LogP contribution in [0.15, 0.2) is 36.4 Å². The second kappa shape index (κ2) is 7.65. The lowest BCUT2D eigenvalue weighted by Gasteiger charge is -2.20. The van der Waals surface area contributed by atoms with Crippen molar-refractivity contribution < 1.29 is 9.18 Å². The van der Waals surface area contributed by atoms with E-state index in [0.29, 0.717) is 22.2 Å². The maximum absolute atomic E-state index is 13.2. The van der Waals surface area contributed by atoms with Crippen LogP contribution in [0.25, 0.3) is 11.3 Å². The molecular formula is C20H20FN5OS. The van der Waals surface area contributed by atoms with Crippen LogP contribution in [0.5, 0.6) is 0 Å². The minimum atomic E-state index is -0.303. The van der Waals surface area contributed by atoms with E-state index in [0.717, 1.165) is 30.8 Å². The van der Waals surface area contributed by atoms with Crippen LogP contribution in [0.3, 0.4) is 0 Å². The Morgan fingerprint density at radius 1 is 1.18 bits per heavy atom. The molecule has 3 heterocycles. The van der Waals surface area contributed by atoms with Crippen LogP contribution < -0.4 is 10.6 Å². The van der Waals surface area contributed by atoms with E-state index in [1.807, 2.05) is 19.2 Å². The quantitative estimate of drug-likeness (QED) is 0.704. The zero-order chi connectivity index (χ0) is 19.7. The van der Waals surface area contributed by atoms with Gasteiger partial charge in [0, 0.05) is 30.6 Å². The van der Waals surface area contributed by atoms with E-state index >= 15 is 0 Å². The monoisotopic (exact) mass is 397 g/mol. The van der Waals surface area contributed by atoms with E-state index in [9.17, 15) is 9.18 Å². The Balaban J connectivity index is 1.60. The first-order valence-corrected chi connectivity index (χ1v) is 9.78. The molecule has 2 N–H and O–H groups in total. The molecule has 1 aromatic carbocycles. The Bertz CT molecular complexity index is 1020. The fourth-order valence-corrected chi connectivity index (χ4v) is 4.08. The smallest absolute Gasteiger partial charge is 0.285 e. The molecule has 28 heavy (non-hydrogen) atoms. The van der Waals surface area contributed by atoms with Crippen LogP contribution in [-0.4, -0.2) is 41.4 Å². The van der Waals surface area contributed by atoms with Crippen LogP contribution in [0.2, 0.25) is 0 Å². The maximum Gasteiger partial charge on any atom is 0.285 e. The fourth-order valence-electron chi connectivity index (χ4n) is 3.13. The van der Waals surface area contributed by atoms with Crippen molar-refractivity contribution in [2.75, 3.05) is 31.3 Å². The highest BCUT2D eigenvalue weighted by atomic mass is 32.1. The molecule has 0 fully saturated rings. The third-order valence-electron chi connectivity index (χ3n) is 4.65. The summed E-state index contributed by atoms with van der Waals surface area (Å²) in [5.74, 6) is -0.163. The molecule has 1 aliphatic rings. The van der Waals surface area contributed by atoms with E-state index in [4.69, 9.17) is 0 Å². The summed E-state index contributed by atoms with van der Waals surface area (Å²) in [7, 11) is 3.81. The number of nitrogens with one attached hydrogen (secondary N) is 2. The second-order valence-electron chi connectivity index (χ2n) is 6.68. The molecule has 144 valence electrons. The third kappa shape index (κ3) is 3.74. The molecular weight excluding hydrogens is 377 g/mol. The van der Waals surface area contributed by atoms with Gasteiger partial charge in [-0.1, -0.05) is 0 Å². The number of nitrogens with zero attached hydrogens (tertiary/aromatic N) is 3. The number of halogens is 1. The first-order valence-electron chi connectivity index (χ1n) is 8.96. The number of carbonyl (C=O) groups excluding carboxylic acids is 1. The maximum atomic E-state index is 13.2. The summed E-state index contributed by atoms with van der Waals surface area (Å²) in [4.78, 5) is 25.2. The number of carbonyl (C=O) groups is 1. The number of thiazole rings is 1. The van der Waals surface area contributed by atoms with Crippen LogP contribution >= 0.6 is 11.3 Å². The van der Waals surface area contributed by atoms with Gasteiger partial charge >= 0.3 is 0 Å². The first-order chi connectivity index (χ1) is 13.5. The lowest BCUT2D eigenvalue weighted by atomic mass is 10.1. The molecule has 0 saturated heterocycles. The Kier molecular flexibility index (Phi) is 5.06. The van der Waals surface area contributed by atoms with Crippen molar-refractivity contribution in [3.63, 3.8) is 0 Å². The van der Waals surface area contributed by atoms with E-state index in [1.54, 1.807) is 19.2 Å². The zero-order valence-electron chi connectivity index (χ0n) is 15.6. The van der Waals surface area contributed by atoms with Gasteiger partial charge in [0.15, 0.2) is 10.8 Å². The summed E-state index contributed by atoms with van der Waals surface area (Å²) in [6.45, 7) is 1.74. The summed E-state index contributed by atoms with van der Waals surface area (Å²) in [6.07, 6.45) is 0.914. The SMILES string of the molecule is CNc1ccc(-c2ccc(F)cc2)nc1NC(=O)c1nc2c(s1)CCN(C)C2. The minimum absolute atomic E-state index is 0.276. The average Bonchev–Trinajstić information content (AvgIpc) is 3.12. The molecule has 0 spiro atoms. The van der Waals surface area contributed by atoms with Gasteiger partial charge in [-0.2, -0.15) is 0 Å². The van der Waals surface area contributed by atoms with E-state index < -0.39 is 0 Å². The highest BCUT2D eigenvalue weighted by Crippen LogP contribution is 2.28. The molecule has 6 nitrogen and oxygen atoms in total. The van der Waals surface area contributed by atoms with E-state index in [-0.39, 0.29) is 11.7 Å². The highest BCUT2D eigenvalue weighted by molar-refractivity contribution is 7.13. The number of anilines is 2. The molecule has 8 heteroatoms. The van der Waals surface area contributed by atoms with Gasteiger partial charge in [-0.15, -0.1) is 11.3 Å². The van der Waals surface area contributed by atoms with Crippen molar-refractivity contribution in [1.82, 2.24) is 14.9 Å². The molecule has 3 aromatic rings. The molecule has 1 amide bonds. The Morgan fingerprint density at radius 3 is 2.71 bits per heavy atom. The fraction of sp³-hybridized carbons (Fsp3) is 0.250. The van der Waals surface area contributed by atoms with Gasteiger partial charge in [0.05, 0.1) is 17.1 Å². The number of hydrogen-bond acceptors (Lipinski definition) is 6. The molecule has 4 rings (SSSR count). The lowest BCUT2D eigenvalue weighted by molar-refractivity contribution is 0.102. The molecule has 0 bridgehead atoms. The van der Waals surface area contributed by atoms with Crippen LogP contribution in [0, 0.1) is 5.82 Å². The predicted octanol–water partition coefficient (Wildman–Crippen LogP) is 3.63. The van der Waals surface area contributed by atoms with Crippen molar-refractivity contribution in [2.45, 2.75) is 13.0 Å². The number of fused-ring (bicyclic) bond motifs is 1. The van der Waals surface area contributed by atoms with Crippen molar-refractivity contribution >= 4 is 28.7 Å². The van der Waals surface area contributed by atoms with Gasteiger partial charge in [0.25, 0.3) is 5.91 Å². The van der Waals surface area contributed by atoms with Crippen molar-refractivity contribution in [2.24, 2.45) is 0 Å². The normalized spacial score (nSPS) is 13.8. The van der Waals surface area contributed by atoms with E-state index in [2.05, 4.69) is 25.5 Å². The number of aromatic nitrogens is 2. The average molecular weight is 397 g/mol. The molecule has 0 atom stereocenters. The molecule has 0 unspecified atom stereocenters. The van der Waals surface area contributed by atoms with Crippen LogP contribution in [0.1, 0.15) is 20.4 Å².